The molecule has 30 heavy (non-hydrogen) atoms. The lowest BCUT2D eigenvalue weighted by Crippen LogP contribution is -2.34. The number of aliphatic hydroxyl groups is 2. The number of rotatable bonds is 8. The Labute approximate surface area is 178 Å². The Balaban J connectivity index is 1.94. The Morgan fingerprint density at radius 3 is 1.93 bits per heavy atom. The predicted octanol–water partition coefficient (Wildman–Crippen LogP) is 4.21. The molecule has 0 saturated carbocycles. The summed E-state index contributed by atoms with van der Waals surface area (Å²) in [5.41, 5.74) is 2.24. The SMILES string of the molecule is CN(C(=O)OC(C)(C)C)c1ccc(/C=C/c2ccc(OCC(CO)CO)cc2)cc1. The van der Waals surface area contributed by atoms with Gasteiger partial charge in [-0.3, -0.25) is 4.90 Å². The molecule has 0 unspecified atom stereocenters. The standard InChI is InChI=1S/C24H31NO5/c1-24(2,3)30-23(28)25(4)21-11-7-18(8-12-21)5-6-19-9-13-22(14-10-19)29-17-20(15-26)16-27/h5-14,20,26-27H,15-17H2,1-4H3/b6-5+. The Kier molecular flexibility index (Phi) is 8.45. The van der Waals surface area contributed by atoms with E-state index in [1.807, 2.05) is 81.5 Å². The lowest BCUT2D eigenvalue weighted by atomic mass is 10.1. The van der Waals surface area contributed by atoms with E-state index in [2.05, 4.69) is 0 Å². The fraction of sp³-hybridized carbons (Fsp3) is 0.375. The van der Waals surface area contributed by atoms with Crippen LogP contribution in [0.1, 0.15) is 31.9 Å². The van der Waals surface area contributed by atoms with E-state index < -0.39 is 11.7 Å². The summed E-state index contributed by atoms with van der Waals surface area (Å²) in [4.78, 5) is 13.6. The number of benzene rings is 2. The maximum absolute atomic E-state index is 12.2. The maximum Gasteiger partial charge on any atom is 0.414 e. The van der Waals surface area contributed by atoms with Crippen LogP contribution in [0.5, 0.6) is 5.75 Å². The molecule has 0 aliphatic carbocycles. The second-order valence-corrected chi connectivity index (χ2v) is 8.08. The minimum Gasteiger partial charge on any atom is -0.493 e. The number of anilines is 1. The molecule has 6 heteroatoms. The molecule has 2 aromatic rings. The van der Waals surface area contributed by atoms with Gasteiger partial charge in [0.2, 0.25) is 0 Å². The van der Waals surface area contributed by atoms with Crippen molar-refractivity contribution in [3.05, 3.63) is 59.7 Å². The van der Waals surface area contributed by atoms with Crippen molar-refractivity contribution in [1.29, 1.82) is 0 Å². The minimum absolute atomic E-state index is 0.107. The van der Waals surface area contributed by atoms with Gasteiger partial charge in [-0.15, -0.1) is 0 Å². The average molecular weight is 414 g/mol. The first-order valence-electron chi connectivity index (χ1n) is 9.91. The van der Waals surface area contributed by atoms with Crippen LogP contribution in [0.3, 0.4) is 0 Å². The van der Waals surface area contributed by atoms with E-state index in [0.29, 0.717) is 5.75 Å². The number of aliphatic hydroxyl groups excluding tert-OH is 2. The van der Waals surface area contributed by atoms with Crippen LogP contribution in [0.2, 0.25) is 0 Å². The van der Waals surface area contributed by atoms with Crippen molar-refractivity contribution in [1.82, 2.24) is 0 Å². The van der Waals surface area contributed by atoms with E-state index in [1.54, 1.807) is 7.05 Å². The van der Waals surface area contributed by atoms with Crippen molar-refractivity contribution in [2.75, 3.05) is 31.8 Å². The highest BCUT2D eigenvalue weighted by atomic mass is 16.6. The molecule has 0 saturated heterocycles. The van der Waals surface area contributed by atoms with E-state index >= 15 is 0 Å². The van der Waals surface area contributed by atoms with Gasteiger partial charge in [0.15, 0.2) is 0 Å². The van der Waals surface area contributed by atoms with Crippen LogP contribution in [-0.4, -0.2) is 48.8 Å². The first kappa shape index (κ1) is 23.4. The van der Waals surface area contributed by atoms with Gasteiger partial charge in [0.05, 0.1) is 19.8 Å². The van der Waals surface area contributed by atoms with Crippen molar-refractivity contribution in [2.45, 2.75) is 26.4 Å². The highest BCUT2D eigenvalue weighted by molar-refractivity contribution is 5.87. The quantitative estimate of drug-likeness (QED) is 0.634. The van der Waals surface area contributed by atoms with Crippen LogP contribution in [0.4, 0.5) is 10.5 Å². The molecule has 0 aliphatic heterocycles. The minimum atomic E-state index is -0.534. The molecule has 0 heterocycles. The lowest BCUT2D eigenvalue weighted by molar-refractivity contribution is 0.0589. The Bertz CT molecular complexity index is 818. The second-order valence-electron chi connectivity index (χ2n) is 8.08. The van der Waals surface area contributed by atoms with Crippen LogP contribution in [0.25, 0.3) is 12.2 Å². The normalized spacial score (nSPS) is 11.7. The fourth-order valence-corrected chi connectivity index (χ4v) is 2.49. The molecule has 0 fully saturated rings. The largest absolute Gasteiger partial charge is 0.493 e. The third kappa shape index (κ3) is 7.54. The van der Waals surface area contributed by atoms with E-state index in [-0.39, 0.29) is 25.7 Å². The molecule has 1 amide bonds. The zero-order valence-electron chi connectivity index (χ0n) is 18.0. The number of carbonyl (C=O) groups is 1. The topological polar surface area (TPSA) is 79.2 Å². The van der Waals surface area contributed by atoms with E-state index in [4.69, 9.17) is 19.7 Å². The summed E-state index contributed by atoms with van der Waals surface area (Å²) in [6.45, 7) is 5.57. The molecule has 0 spiro atoms. The molecule has 6 nitrogen and oxygen atoms in total. The van der Waals surface area contributed by atoms with Crippen molar-refractivity contribution < 1.29 is 24.5 Å². The van der Waals surface area contributed by atoms with E-state index in [0.717, 1.165) is 16.8 Å². The van der Waals surface area contributed by atoms with Gasteiger partial charge in [-0.2, -0.15) is 0 Å². The fourth-order valence-electron chi connectivity index (χ4n) is 2.49. The average Bonchev–Trinajstić information content (AvgIpc) is 2.72. The molecule has 0 radical (unpaired) electrons. The molecule has 2 rings (SSSR count). The molecule has 0 aromatic heterocycles. The summed E-state index contributed by atoms with van der Waals surface area (Å²) >= 11 is 0. The summed E-state index contributed by atoms with van der Waals surface area (Å²) in [6.07, 6.45) is 3.58. The number of carbonyl (C=O) groups excluding carboxylic acids is 1. The van der Waals surface area contributed by atoms with Crippen molar-refractivity contribution in [3.63, 3.8) is 0 Å². The van der Waals surface area contributed by atoms with Crippen LogP contribution >= 0.6 is 0 Å². The first-order valence-corrected chi connectivity index (χ1v) is 9.91. The van der Waals surface area contributed by atoms with E-state index in [1.165, 1.54) is 4.90 Å². The highest BCUT2D eigenvalue weighted by Crippen LogP contribution is 2.19. The van der Waals surface area contributed by atoms with Crippen molar-refractivity contribution >= 4 is 23.9 Å². The van der Waals surface area contributed by atoms with Crippen molar-refractivity contribution in [3.8, 4) is 5.75 Å². The number of amides is 1. The summed E-state index contributed by atoms with van der Waals surface area (Å²) in [6, 6.07) is 15.2. The van der Waals surface area contributed by atoms with Crippen LogP contribution in [0.15, 0.2) is 48.5 Å². The Hall–Kier alpha value is -2.83. The third-order valence-corrected chi connectivity index (χ3v) is 4.30. The number of ether oxygens (including phenoxy) is 2. The molecule has 0 aliphatic rings. The third-order valence-electron chi connectivity index (χ3n) is 4.30. The summed E-state index contributed by atoms with van der Waals surface area (Å²) in [5.74, 6) is 0.412. The number of nitrogens with zero attached hydrogens (tertiary/aromatic N) is 1. The van der Waals surface area contributed by atoms with Crippen LogP contribution in [0, 0.1) is 5.92 Å². The van der Waals surface area contributed by atoms with Gasteiger partial charge >= 0.3 is 6.09 Å². The predicted molar refractivity (Wildman–Crippen MR) is 120 cm³/mol. The second kappa shape index (κ2) is 10.8. The van der Waals surface area contributed by atoms with Gasteiger partial charge in [0, 0.05) is 18.7 Å². The monoisotopic (exact) mass is 413 g/mol. The molecule has 2 N–H and O–H groups in total. The number of hydrogen-bond acceptors (Lipinski definition) is 5. The number of hydrogen-bond donors (Lipinski definition) is 2. The Morgan fingerprint density at radius 1 is 0.967 bits per heavy atom. The lowest BCUT2D eigenvalue weighted by Gasteiger charge is -2.24. The van der Waals surface area contributed by atoms with Crippen molar-refractivity contribution in [2.24, 2.45) is 5.92 Å². The summed E-state index contributed by atoms with van der Waals surface area (Å²) < 4.78 is 10.9. The van der Waals surface area contributed by atoms with Gasteiger partial charge in [-0.05, 0) is 56.2 Å². The molecule has 0 bridgehead atoms. The van der Waals surface area contributed by atoms with Gasteiger partial charge in [-0.25, -0.2) is 4.79 Å². The van der Waals surface area contributed by atoms with E-state index in [9.17, 15) is 4.79 Å². The molecular formula is C24H31NO5. The maximum atomic E-state index is 12.2. The summed E-state index contributed by atoms with van der Waals surface area (Å²) in [5, 5.41) is 18.1. The zero-order valence-corrected chi connectivity index (χ0v) is 18.0. The zero-order chi connectivity index (χ0) is 22.1. The molecular weight excluding hydrogens is 382 g/mol. The van der Waals surface area contributed by atoms with Crippen LogP contribution in [-0.2, 0) is 4.74 Å². The smallest absolute Gasteiger partial charge is 0.414 e. The van der Waals surface area contributed by atoms with Gasteiger partial charge in [0.25, 0.3) is 0 Å². The van der Waals surface area contributed by atoms with Gasteiger partial charge in [0.1, 0.15) is 11.4 Å². The van der Waals surface area contributed by atoms with Gasteiger partial charge in [-0.1, -0.05) is 36.4 Å². The highest BCUT2D eigenvalue weighted by Gasteiger charge is 2.20. The summed E-state index contributed by atoms with van der Waals surface area (Å²) in [7, 11) is 1.69. The Morgan fingerprint density at radius 2 is 1.47 bits per heavy atom. The first-order chi connectivity index (χ1) is 14.2. The molecule has 0 atom stereocenters. The molecule has 2 aromatic carbocycles. The molecule has 162 valence electrons. The van der Waals surface area contributed by atoms with Crippen LogP contribution < -0.4 is 9.64 Å². The van der Waals surface area contributed by atoms with Gasteiger partial charge < -0.3 is 19.7 Å².